The molecular weight excluding hydrogens is 254 g/mol. The molecule has 0 saturated carbocycles. The van der Waals surface area contributed by atoms with Gasteiger partial charge in [0.15, 0.2) is 0 Å². The van der Waals surface area contributed by atoms with Crippen molar-refractivity contribution in [2.45, 2.75) is 44.6 Å². The summed E-state index contributed by atoms with van der Waals surface area (Å²) in [5.41, 5.74) is 1.91. The number of aryl methyl sites for hydroxylation is 1. The van der Waals surface area contributed by atoms with Gasteiger partial charge in [0.2, 0.25) is 0 Å². The molecule has 0 aliphatic heterocycles. The second kappa shape index (κ2) is 6.27. The van der Waals surface area contributed by atoms with Gasteiger partial charge in [-0.25, -0.2) is 0 Å². The summed E-state index contributed by atoms with van der Waals surface area (Å²) >= 11 is 0. The summed E-state index contributed by atoms with van der Waals surface area (Å²) in [5.74, 6) is 0.0858. The molecular formula is C16H23NO3. The third kappa shape index (κ3) is 2.96. The van der Waals surface area contributed by atoms with Crippen molar-refractivity contribution in [1.29, 1.82) is 0 Å². The third-order valence-corrected chi connectivity index (χ3v) is 4.04. The van der Waals surface area contributed by atoms with Crippen LogP contribution in [0.5, 0.6) is 5.75 Å². The van der Waals surface area contributed by atoms with Crippen LogP contribution in [-0.2, 0) is 16.8 Å². The number of hydrogen-bond acceptors (Lipinski definition) is 3. The van der Waals surface area contributed by atoms with Crippen LogP contribution >= 0.6 is 0 Å². The van der Waals surface area contributed by atoms with Gasteiger partial charge < -0.3 is 15.2 Å². The first-order chi connectivity index (χ1) is 9.61. The van der Waals surface area contributed by atoms with Crippen LogP contribution in [0.25, 0.3) is 0 Å². The number of carboxylic acid groups (broad SMARTS) is 1. The SMILES string of the molecule is CCCNC1(CC(=O)O)CCCc2cc(OC)ccc21. The highest BCUT2D eigenvalue weighted by molar-refractivity contribution is 5.69. The lowest BCUT2D eigenvalue weighted by atomic mass is 9.74. The normalized spacial score (nSPS) is 21.3. The van der Waals surface area contributed by atoms with Crippen molar-refractivity contribution in [2.24, 2.45) is 0 Å². The number of nitrogens with one attached hydrogen (secondary N) is 1. The Hall–Kier alpha value is -1.55. The molecule has 0 heterocycles. The van der Waals surface area contributed by atoms with Crippen molar-refractivity contribution < 1.29 is 14.6 Å². The summed E-state index contributed by atoms with van der Waals surface area (Å²) < 4.78 is 5.27. The predicted octanol–water partition coefficient (Wildman–Crippen LogP) is 2.70. The third-order valence-electron chi connectivity index (χ3n) is 4.04. The van der Waals surface area contributed by atoms with E-state index in [1.54, 1.807) is 7.11 Å². The minimum absolute atomic E-state index is 0.131. The van der Waals surface area contributed by atoms with Gasteiger partial charge in [0, 0.05) is 0 Å². The van der Waals surface area contributed by atoms with Gasteiger partial charge in [0.1, 0.15) is 5.75 Å². The molecule has 1 aliphatic carbocycles. The Morgan fingerprint density at radius 3 is 2.95 bits per heavy atom. The van der Waals surface area contributed by atoms with Crippen molar-refractivity contribution in [3.63, 3.8) is 0 Å². The predicted molar refractivity (Wildman–Crippen MR) is 78.2 cm³/mol. The second-order valence-electron chi connectivity index (χ2n) is 5.46. The fraction of sp³-hybridized carbons (Fsp3) is 0.562. The number of rotatable bonds is 6. The molecule has 1 aromatic rings. The van der Waals surface area contributed by atoms with Gasteiger partial charge in [-0.1, -0.05) is 13.0 Å². The van der Waals surface area contributed by atoms with Crippen molar-refractivity contribution in [3.05, 3.63) is 29.3 Å². The van der Waals surface area contributed by atoms with Crippen LogP contribution in [0.2, 0.25) is 0 Å². The molecule has 2 N–H and O–H groups in total. The Morgan fingerprint density at radius 2 is 2.30 bits per heavy atom. The van der Waals surface area contributed by atoms with Crippen LogP contribution in [0, 0.1) is 0 Å². The van der Waals surface area contributed by atoms with E-state index in [1.165, 1.54) is 5.56 Å². The first-order valence-electron chi connectivity index (χ1n) is 7.25. The van der Waals surface area contributed by atoms with E-state index in [2.05, 4.69) is 12.2 Å². The molecule has 0 amide bonds. The number of carboxylic acids is 1. The molecule has 0 saturated heterocycles. The molecule has 20 heavy (non-hydrogen) atoms. The average Bonchev–Trinajstić information content (AvgIpc) is 2.44. The molecule has 0 fully saturated rings. The maximum atomic E-state index is 11.3. The van der Waals surface area contributed by atoms with Crippen molar-refractivity contribution in [3.8, 4) is 5.75 Å². The monoisotopic (exact) mass is 277 g/mol. The number of benzene rings is 1. The molecule has 0 aromatic heterocycles. The van der Waals surface area contributed by atoms with Crippen LogP contribution in [0.4, 0.5) is 0 Å². The van der Waals surface area contributed by atoms with E-state index in [1.807, 2.05) is 18.2 Å². The zero-order chi connectivity index (χ0) is 14.6. The molecule has 4 nitrogen and oxygen atoms in total. The highest BCUT2D eigenvalue weighted by atomic mass is 16.5. The smallest absolute Gasteiger partial charge is 0.305 e. The number of carbonyl (C=O) groups is 1. The summed E-state index contributed by atoms with van der Waals surface area (Å²) in [6.07, 6.45) is 3.99. The largest absolute Gasteiger partial charge is 0.497 e. The lowest BCUT2D eigenvalue weighted by molar-refractivity contribution is -0.139. The molecule has 4 heteroatoms. The van der Waals surface area contributed by atoms with Crippen LogP contribution in [-0.4, -0.2) is 24.7 Å². The number of hydrogen-bond donors (Lipinski definition) is 2. The fourth-order valence-corrected chi connectivity index (χ4v) is 3.14. The quantitative estimate of drug-likeness (QED) is 0.839. The van der Waals surface area contributed by atoms with Gasteiger partial charge in [0.25, 0.3) is 0 Å². The minimum atomic E-state index is -0.753. The lowest BCUT2D eigenvalue weighted by Gasteiger charge is -2.39. The molecule has 0 bridgehead atoms. The summed E-state index contributed by atoms with van der Waals surface area (Å²) in [7, 11) is 1.66. The van der Waals surface area contributed by atoms with E-state index in [9.17, 15) is 9.90 Å². The number of fused-ring (bicyclic) bond motifs is 1. The van der Waals surface area contributed by atoms with Gasteiger partial charge >= 0.3 is 5.97 Å². The minimum Gasteiger partial charge on any atom is -0.497 e. The van der Waals surface area contributed by atoms with E-state index >= 15 is 0 Å². The molecule has 1 unspecified atom stereocenters. The molecule has 1 aromatic carbocycles. The molecule has 2 rings (SSSR count). The standard InChI is InChI=1S/C16H23NO3/c1-3-9-17-16(11-15(18)19)8-4-5-12-10-13(20-2)6-7-14(12)16/h6-7,10,17H,3-5,8-9,11H2,1-2H3,(H,18,19). The molecule has 0 spiro atoms. The number of ether oxygens (including phenoxy) is 1. The van der Waals surface area contributed by atoms with Crippen molar-refractivity contribution in [2.75, 3.05) is 13.7 Å². The van der Waals surface area contributed by atoms with E-state index < -0.39 is 11.5 Å². The molecule has 110 valence electrons. The second-order valence-corrected chi connectivity index (χ2v) is 5.46. The number of aliphatic carboxylic acids is 1. The maximum absolute atomic E-state index is 11.3. The van der Waals surface area contributed by atoms with Crippen LogP contribution in [0.15, 0.2) is 18.2 Å². The molecule has 1 atom stereocenters. The van der Waals surface area contributed by atoms with E-state index in [4.69, 9.17) is 4.74 Å². The number of methoxy groups -OCH3 is 1. The van der Waals surface area contributed by atoms with Crippen LogP contribution in [0.3, 0.4) is 0 Å². The zero-order valence-corrected chi connectivity index (χ0v) is 12.2. The zero-order valence-electron chi connectivity index (χ0n) is 12.2. The summed E-state index contributed by atoms with van der Waals surface area (Å²) in [4.78, 5) is 11.3. The highest BCUT2D eigenvalue weighted by Crippen LogP contribution is 2.39. The van der Waals surface area contributed by atoms with E-state index in [-0.39, 0.29) is 6.42 Å². The Labute approximate surface area is 120 Å². The Kier molecular flexibility index (Phi) is 4.65. The first kappa shape index (κ1) is 14.9. The maximum Gasteiger partial charge on any atom is 0.305 e. The van der Waals surface area contributed by atoms with Gasteiger partial charge in [-0.2, -0.15) is 0 Å². The van der Waals surface area contributed by atoms with E-state index in [0.717, 1.165) is 43.5 Å². The molecule has 0 radical (unpaired) electrons. The Morgan fingerprint density at radius 1 is 1.50 bits per heavy atom. The highest BCUT2D eigenvalue weighted by Gasteiger charge is 2.38. The van der Waals surface area contributed by atoms with Crippen molar-refractivity contribution in [1.82, 2.24) is 5.32 Å². The van der Waals surface area contributed by atoms with Gasteiger partial charge in [-0.05, 0) is 55.5 Å². The summed E-state index contributed by atoms with van der Waals surface area (Å²) in [5, 5.41) is 12.8. The summed E-state index contributed by atoms with van der Waals surface area (Å²) in [6.45, 7) is 2.93. The van der Waals surface area contributed by atoms with Crippen LogP contribution in [0.1, 0.15) is 43.7 Å². The first-order valence-corrected chi connectivity index (χ1v) is 7.25. The summed E-state index contributed by atoms with van der Waals surface area (Å²) in [6, 6.07) is 5.99. The van der Waals surface area contributed by atoms with Crippen molar-refractivity contribution >= 4 is 5.97 Å². The topological polar surface area (TPSA) is 58.6 Å². The van der Waals surface area contributed by atoms with E-state index in [0.29, 0.717) is 0 Å². The van der Waals surface area contributed by atoms with Gasteiger partial charge in [-0.15, -0.1) is 0 Å². The lowest BCUT2D eigenvalue weighted by Crippen LogP contribution is -2.46. The van der Waals surface area contributed by atoms with Gasteiger partial charge in [0.05, 0.1) is 19.1 Å². The van der Waals surface area contributed by atoms with Gasteiger partial charge in [-0.3, -0.25) is 4.79 Å². The average molecular weight is 277 g/mol. The molecule has 1 aliphatic rings. The Balaban J connectivity index is 2.41. The Bertz CT molecular complexity index is 487. The fourth-order valence-electron chi connectivity index (χ4n) is 3.14. The van der Waals surface area contributed by atoms with Crippen LogP contribution < -0.4 is 10.1 Å².